The van der Waals surface area contributed by atoms with Crippen LogP contribution in [0.15, 0.2) is 315 Å². The lowest BCUT2D eigenvalue weighted by atomic mass is 9.33. The molecule has 100 heavy (non-hydrogen) atoms. The first-order valence-corrected chi connectivity index (χ1v) is 32.9. The van der Waals surface area contributed by atoms with E-state index in [2.05, 4.69) is 76.5 Å². The number of carbonyl (C=O) groups excluding carboxylic acids is 2. The van der Waals surface area contributed by atoms with Crippen molar-refractivity contribution in [2.75, 3.05) is 9.80 Å². The van der Waals surface area contributed by atoms with Gasteiger partial charge in [0.2, 0.25) is 0 Å². The Morgan fingerprint density at radius 2 is 0.800 bits per heavy atom. The molecule has 14 heteroatoms. The zero-order chi connectivity index (χ0) is 67.4. The van der Waals surface area contributed by atoms with Crippen LogP contribution in [-0.2, 0) is 28.9 Å². The third kappa shape index (κ3) is 11.2. The fourth-order valence-electron chi connectivity index (χ4n) is 14.0. The number of para-hydroxylation sites is 2. The summed E-state index contributed by atoms with van der Waals surface area (Å²) >= 11 is 0. The van der Waals surface area contributed by atoms with Gasteiger partial charge >= 0.3 is 18.1 Å². The molecule has 10 nitrogen and oxygen atoms in total. The number of fused-ring (bicyclic) bond motifs is 7. The molecule has 0 radical (unpaired) electrons. The van der Waals surface area contributed by atoms with Crippen LogP contribution in [-0.4, -0.2) is 38.2 Å². The highest BCUT2D eigenvalue weighted by atomic mass is 19.4. The lowest BCUT2D eigenvalue weighted by molar-refractivity contribution is -0.137. The Morgan fingerprint density at radius 3 is 1.30 bits per heavy atom. The second-order valence-corrected chi connectivity index (χ2v) is 24.8. The molecule has 15 aromatic rings. The van der Waals surface area contributed by atoms with Crippen molar-refractivity contribution in [1.82, 2.24) is 19.5 Å². The second-order valence-electron chi connectivity index (χ2n) is 24.8. The van der Waals surface area contributed by atoms with E-state index in [1.54, 1.807) is 0 Å². The van der Waals surface area contributed by atoms with E-state index >= 15 is 13.2 Å². The summed E-state index contributed by atoms with van der Waals surface area (Å²) in [6, 6.07) is 100. The van der Waals surface area contributed by atoms with Crippen LogP contribution in [0.4, 0.5) is 47.3 Å². The summed E-state index contributed by atoms with van der Waals surface area (Å²) in [7, 11) is 0. The van der Waals surface area contributed by atoms with Crippen molar-refractivity contribution in [3.8, 4) is 62.1 Å². The van der Waals surface area contributed by atoms with Gasteiger partial charge in [0.25, 0.3) is 6.71 Å². The number of hydrogen-bond donors (Lipinski definition) is 0. The third-order valence-electron chi connectivity index (χ3n) is 18.7. The highest BCUT2D eigenvalue weighted by molar-refractivity contribution is 7.00. The SMILES string of the molecule is O=C(OCc1ccccc1)c1ccc2c(c1)B1c3cc(C(=O)OCc4ccccc4)ccc3N(c3ccccc3)c3cc(-c4ccc5c(c4)c4ccc(-c6ccccc6)cc4n5-c4ccc(C(F)(F)F)cc4-c4nc(-c5ccccc5)nc(-c5ccccc5)n4)cc(c31)N2c1ccccc1. The van der Waals surface area contributed by atoms with Gasteiger partial charge in [-0.3, -0.25) is 0 Å². The zero-order valence-electron chi connectivity index (χ0n) is 53.5. The third-order valence-corrected chi connectivity index (χ3v) is 18.7. The Labute approximate surface area is 574 Å². The molecule has 2 aliphatic heterocycles. The summed E-state index contributed by atoms with van der Waals surface area (Å²) in [6.45, 7) is -0.389. The molecule has 0 saturated heterocycles. The number of nitrogens with zero attached hydrogens (tertiary/aromatic N) is 6. The number of hydrogen-bond acceptors (Lipinski definition) is 9. The van der Waals surface area contributed by atoms with Crippen molar-refractivity contribution in [1.29, 1.82) is 0 Å². The highest BCUT2D eigenvalue weighted by Crippen LogP contribution is 2.48. The molecular formula is C86H56BF3N6O4. The van der Waals surface area contributed by atoms with Gasteiger partial charge in [-0.2, -0.15) is 13.2 Å². The summed E-state index contributed by atoms with van der Waals surface area (Å²) in [5.74, 6) is -0.297. The predicted octanol–water partition coefficient (Wildman–Crippen LogP) is 19.1. The number of aromatic nitrogens is 4. The number of esters is 2. The second kappa shape index (κ2) is 25.2. The van der Waals surface area contributed by atoms with Crippen molar-refractivity contribution in [3.05, 3.63) is 343 Å². The minimum atomic E-state index is -4.72. The minimum absolute atomic E-state index is 0.0634. The Hall–Kier alpha value is -12.9. The Morgan fingerprint density at radius 1 is 0.360 bits per heavy atom. The molecule has 0 saturated carbocycles. The van der Waals surface area contributed by atoms with Gasteiger partial charge in [-0.25, -0.2) is 24.5 Å². The van der Waals surface area contributed by atoms with Crippen LogP contribution < -0.4 is 26.2 Å². The lowest BCUT2D eigenvalue weighted by Gasteiger charge is -2.44. The number of anilines is 6. The van der Waals surface area contributed by atoms with Crippen LogP contribution >= 0.6 is 0 Å². The van der Waals surface area contributed by atoms with Crippen LogP contribution in [0.5, 0.6) is 0 Å². The average Bonchev–Trinajstić information content (AvgIpc) is 0.748. The molecule has 478 valence electrons. The number of ether oxygens (including phenoxy) is 2. The molecule has 0 atom stereocenters. The van der Waals surface area contributed by atoms with Crippen LogP contribution in [0.2, 0.25) is 0 Å². The molecule has 0 spiro atoms. The Kier molecular flexibility index (Phi) is 15.3. The van der Waals surface area contributed by atoms with Crippen LogP contribution in [0.25, 0.3) is 83.9 Å². The van der Waals surface area contributed by atoms with E-state index in [0.29, 0.717) is 39.6 Å². The fraction of sp³-hybridized carbons (Fsp3) is 0.0349. The molecule has 2 aromatic heterocycles. The van der Waals surface area contributed by atoms with Gasteiger partial charge < -0.3 is 23.8 Å². The van der Waals surface area contributed by atoms with E-state index in [1.165, 1.54) is 6.07 Å². The summed E-state index contributed by atoms with van der Waals surface area (Å²) < 4.78 is 60.0. The largest absolute Gasteiger partial charge is 0.457 e. The fourth-order valence-corrected chi connectivity index (χ4v) is 14.0. The molecule has 0 amide bonds. The molecule has 4 heterocycles. The van der Waals surface area contributed by atoms with Gasteiger partial charge in [0.15, 0.2) is 17.5 Å². The molecule has 2 aliphatic rings. The number of rotatable bonds is 14. The standard InChI is InChI=1S/C86H56BF3N6O4/c88-86(89,90)65-40-45-74(70(52-65)83-92-81(58-28-14-4-15-29-58)91-82(93-83)59-30-16-5-17-31-59)96-73-42-37-60(46-69(73)68-41-36-61(49-77(68)96)57-26-12-3-13-27-57)64-50-78-80-79(51-64)95(67-34-20-7-21-35-67)76-44-39-63(85(98)100-54-56-24-10-2-11-25-56)48-72(76)87(80)71-47-62(84(97)99-53-55-22-8-1-9-23-55)38-43-75(71)94(78)66-32-18-6-19-33-66/h1-52H,53-54H2. The molecule has 0 aliphatic carbocycles. The molecule has 13 aromatic carbocycles. The molecule has 0 unspecified atom stereocenters. The van der Waals surface area contributed by atoms with Crippen molar-refractivity contribution in [2.24, 2.45) is 0 Å². The maximum atomic E-state index is 15.3. The van der Waals surface area contributed by atoms with Crippen LogP contribution in [0, 0.1) is 0 Å². The smallest absolute Gasteiger partial charge is 0.416 e. The van der Waals surface area contributed by atoms with Crippen molar-refractivity contribution in [2.45, 2.75) is 19.4 Å². The monoisotopic (exact) mass is 1300 g/mol. The summed E-state index contributed by atoms with van der Waals surface area (Å²) in [4.78, 5) is 48.3. The maximum Gasteiger partial charge on any atom is 0.416 e. The Balaban J connectivity index is 0.893. The van der Waals surface area contributed by atoms with Crippen LogP contribution in [0.1, 0.15) is 37.4 Å². The van der Waals surface area contributed by atoms with Gasteiger partial charge in [-0.15, -0.1) is 0 Å². The van der Waals surface area contributed by atoms with Gasteiger partial charge in [-0.05, 0) is 147 Å². The van der Waals surface area contributed by atoms with Gasteiger partial charge in [0, 0.05) is 61.6 Å². The summed E-state index contributed by atoms with van der Waals surface area (Å²) in [5.41, 5.74) is 16.2. The number of alkyl halides is 3. The molecule has 0 N–H and O–H groups in total. The number of benzene rings is 13. The minimum Gasteiger partial charge on any atom is -0.457 e. The predicted molar refractivity (Wildman–Crippen MR) is 391 cm³/mol. The summed E-state index contributed by atoms with van der Waals surface area (Å²) in [5, 5.41) is 1.69. The van der Waals surface area contributed by atoms with E-state index in [1.807, 2.05) is 235 Å². The van der Waals surface area contributed by atoms with E-state index in [4.69, 9.17) is 24.4 Å². The maximum absolute atomic E-state index is 15.3. The molecule has 0 fully saturated rings. The normalized spacial score (nSPS) is 12.2. The quantitative estimate of drug-likeness (QED) is 0.0778. The topological polar surface area (TPSA) is 103 Å². The van der Waals surface area contributed by atoms with E-state index in [9.17, 15) is 9.59 Å². The summed E-state index contributed by atoms with van der Waals surface area (Å²) in [6.07, 6.45) is -4.72. The Bertz CT molecular complexity index is 5430. The van der Waals surface area contributed by atoms with E-state index < -0.39 is 30.4 Å². The van der Waals surface area contributed by atoms with Gasteiger partial charge in [0.1, 0.15) is 13.2 Å². The first-order chi connectivity index (χ1) is 49.0. The van der Waals surface area contributed by atoms with Crippen molar-refractivity contribution in [3.63, 3.8) is 0 Å². The first-order valence-electron chi connectivity index (χ1n) is 32.9. The molecular weight excluding hydrogens is 1250 g/mol. The van der Waals surface area contributed by atoms with Crippen molar-refractivity contribution < 1.29 is 32.2 Å². The lowest BCUT2D eigenvalue weighted by Crippen LogP contribution is -2.61. The van der Waals surface area contributed by atoms with Gasteiger partial charge in [-0.1, -0.05) is 218 Å². The highest BCUT2D eigenvalue weighted by Gasteiger charge is 2.45. The van der Waals surface area contributed by atoms with E-state index in [0.717, 1.165) is 118 Å². The molecule has 17 rings (SSSR count). The average molecular weight is 1310 g/mol. The number of halogens is 3. The number of carbonyl (C=O) groups is 2. The van der Waals surface area contributed by atoms with E-state index in [-0.39, 0.29) is 24.6 Å². The molecule has 0 bridgehead atoms. The van der Waals surface area contributed by atoms with Crippen LogP contribution in [0.3, 0.4) is 0 Å². The zero-order valence-corrected chi connectivity index (χ0v) is 53.5. The van der Waals surface area contributed by atoms with Crippen molar-refractivity contribution >= 4 is 91.0 Å². The van der Waals surface area contributed by atoms with Gasteiger partial charge in [0.05, 0.1) is 33.4 Å². The first kappa shape index (κ1) is 60.7.